The summed E-state index contributed by atoms with van der Waals surface area (Å²) in [4.78, 5) is 7.12. The Morgan fingerprint density at radius 2 is 2.10 bits per heavy atom. The van der Waals surface area contributed by atoms with E-state index in [2.05, 4.69) is 30.9 Å². The fourth-order valence-corrected chi connectivity index (χ4v) is 2.37. The Balaban J connectivity index is 2.17. The highest BCUT2D eigenvalue weighted by Crippen LogP contribution is 2.33. The van der Waals surface area contributed by atoms with Crippen molar-refractivity contribution >= 4 is 44.3 Å². The van der Waals surface area contributed by atoms with Crippen LogP contribution in [0.1, 0.15) is 0 Å². The van der Waals surface area contributed by atoms with Crippen molar-refractivity contribution in [1.29, 1.82) is 0 Å². The average molecular weight is 350 g/mol. The lowest BCUT2D eigenvalue weighted by Gasteiger charge is -1.99. The molecule has 1 aromatic heterocycles. The molecule has 3 aromatic rings. The summed E-state index contributed by atoms with van der Waals surface area (Å²) >= 11 is 9.54. The summed E-state index contributed by atoms with van der Waals surface area (Å²) < 4.78 is 6.56. The van der Waals surface area contributed by atoms with E-state index in [4.69, 9.17) is 21.5 Å². The molecule has 0 spiro atoms. The van der Waals surface area contributed by atoms with Gasteiger partial charge in [0.15, 0.2) is 5.58 Å². The molecule has 0 amide bonds. The monoisotopic (exact) mass is 348 g/mol. The lowest BCUT2D eigenvalue weighted by molar-refractivity contribution is 0.620. The zero-order valence-electron chi connectivity index (χ0n) is 9.92. The molecule has 5 nitrogen and oxygen atoms in total. The van der Waals surface area contributed by atoms with E-state index in [0.717, 1.165) is 4.47 Å². The lowest BCUT2D eigenvalue weighted by Crippen LogP contribution is -1.79. The van der Waals surface area contributed by atoms with E-state index in [1.807, 2.05) is 12.1 Å². The Labute approximate surface area is 126 Å². The quantitative estimate of drug-likeness (QED) is 0.330. The van der Waals surface area contributed by atoms with Crippen LogP contribution in [0.25, 0.3) is 33.0 Å². The first-order chi connectivity index (χ1) is 9.67. The normalized spacial score (nSPS) is 10.5. The molecule has 0 aliphatic heterocycles. The fourth-order valence-electron chi connectivity index (χ4n) is 1.81. The van der Waals surface area contributed by atoms with Crippen LogP contribution in [0.3, 0.4) is 0 Å². The minimum Gasteiger partial charge on any atom is -0.436 e. The average Bonchev–Trinajstić information content (AvgIpc) is 2.85. The van der Waals surface area contributed by atoms with Gasteiger partial charge in [0.2, 0.25) is 5.89 Å². The predicted octanol–water partition coefficient (Wildman–Crippen LogP) is 5.85. The van der Waals surface area contributed by atoms with Gasteiger partial charge in [-0.1, -0.05) is 32.6 Å². The van der Waals surface area contributed by atoms with Crippen LogP contribution in [0.5, 0.6) is 0 Å². The molecule has 7 heteroatoms. The maximum atomic E-state index is 8.43. The van der Waals surface area contributed by atoms with Gasteiger partial charge in [0.25, 0.3) is 0 Å². The highest BCUT2D eigenvalue weighted by atomic mass is 79.9. The van der Waals surface area contributed by atoms with E-state index in [9.17, 15) is 0 Å². The Kier molecular flexibility index (Phi) is 3.36. The van der Waals surface area contributed by atoms with Crippen molar-refractivity contribution in [3.63, 3.8) is 0 Å². The number of benzene rings is 2. The molecule has 0 saturated heterocycles. The highest BCUT2D eigenvalue weighted by Gasteiger charge is 2.12. The lowest BCUT2D eigenvalue weighted by atomic mass is 10.2. The van der Waals surface area contributed by atoms with Crippen molar-refractivity contribution in [2.24, 2.45) is 5.11 Å². The first-order valence-corrected chi connectivity index (χ1v) is 6.75. The van der Waals surface area contributed by atoms with Gasteiger partial charge in [-0.05, 0) is 41.9 Å². The zero-order chi connectivity index (χ0) is 14.1. The van der Waals surface area contributed by atoms with Crippen LogP contribution in [-0.2, 0) is 0 Å². The van der Waals surface area contributed by atoms with Crippen LogP contribution in [-0.4, -0.2) is 4.98 Å². The second kappa shape index (κ2) is 5.17. The Morgan fingerprint density at radius 3 is 2.90 bits per heavy atom. The van der Waals surface area contributed by atoms with Gasteiger partial charge in [0.05, 0.1) is 10.6 Å². The van der Waals surface area contributed by atoms with Crippen LogP contribution in [0.15, 0.2) is 50.4 Å². The molecule has 98 valence electrons. The van der Waals surface area contributed by atoms with E-state index in [1.54, 1.807) is 24.3 Å². The number of oxazole rings is 1. The van der Waals surface area contributed by atoms with E-state index in [1.165, 1.54) is 0 Å². The Morgan fingerprint density at radius 1 is 1.25 bits per heavy atom. The molecule has 0 radical (unpaired) electrons. The molecule has 3 rings (SSSR count). The van der Waals surface area contributed by atoms with Gasteiger partial charge in [0.1, 0.15) is 5.52 Å². The Hall–Kier alpha value is -2.01. The summed E-state index contributed by atoms with van der Waals surface area (Å²) in [6.45, 7) is 0. The highest BCUT2D eigenvalue weighted by molar-refractivity contribution is 9.10. The van der Waals surface area contributed by atoms with Gasteiger partial charge in [-0.2, -0.15) is 0 Å². The molecule has 0 fully saturated rings. The minimum absolute atomic E-state index is 0.421. The summed E-state index contributed by atoms with van der Waals surface area (Å²) in [5.74, 6) is 0.421. The number of halogens is 2. The van der Waals surface area contributed by atoms with Crippen LogP contribution >= 0.6 is 27.5 Å². The third kappa shape index (κ3) is 2.36. The maximum Gasteiger partial charge on any atom is 0.228 e. The number of hydrogen-bond donors (Lipinski definition) is 0. The van der Waals surface area contributed by atoms with E-state index < -0.39 is 0 Å². The SMILES string of the molecule is [N-]=[N+]=Nc1ccc2oc(-c3cc(Br)ccc3Cl)nc2c1. The predicted molar refractivity (Wildman–Crippen MR) is 81.0 cm³/mol. The van der Waals surface area contributed by atoms with E-state index in [-0.39, 0.29) is 0 Å². The van der Waals surface area contributed by atoms with Gasteiger partial charge in [-0.3, -0.25) is 0 Å². The number of azide groups is 1. The fraction of sp³-hybridized carbons (Fsp3) is 0. The smallest absolute Gasteiger partial charge is 0.228 e. The third-order valence-electron chi connectivity index (χ3n) is 2.69. The molecular formula is C13H6BrClN4O. The topological polar surface area (TPSA) is 74.8 Å². The van der Waals surface area contributed by atoms with Crippen LogP contribution in [0.2, 0.25) is 5.02 Å². The van der Waals surface area contributed by atoms with E-state index in [0.29, 0.717) is 33.3 Å². The molecule has 0 saturated carbocycles. The van der Waals surface area contributed by atoms with E-state index >= 15 is 0 Å². The van der Waals surface area contributed by atoms with Crippen molar-refractivity contribution in [3.05, 3.63) is 56.3 Å². The summed E-state index contributed by atoms with van der Waals surface area (Å²) in [6, 6.07) is 10.5. The number of rotatable bonds is 2. The summed E-state index contributed by atoms with van der Waals surface area (Å²) in [5, 5.41) is 4.09. The number of aromatic nitrogens is 1. The first kappa shape index (κ1) is 13.0. The molecule has 2 aromatic carbocycles. The van der Waals surface area contributed by atoms with Crippen molar-refractivity contribution in [2.45, 2.75) is 0 Å². The van der Waals surface area contributed by atoms with Gasteiger partial charge >= 0.3 is 0 Å². The van der Waals surface area contributed by atoms with Gasteiger partial charge in [0, 0.05) is 15.1 Å². The summed E-state index contributed by atoms with van der Waals surface area (Å²) in [5.41, 5.74) is 10.8. The van der Waals surface area contributed by atoms with Gasteiger partial charge in [-0.25, -0.2) is 4.98 Å². The standard InChI is InChI=1S/C13H6BrClN4O/c14-7-1-3-10(15)9(5-7)13-17-11-6-8(18-19-16)2-4-12(11)20-13/h1-6H. The Bertz CT molecular complexity index is 855. The molecular weight excluding hydrogens is 344 g/mol. The summed E-state index contributed by atoms with van der Waals surface area (Å²) in [7, 11) is 0. The largest absolute Gasteiger partial charge is 0.436 e. The third-order valence-corrected chi connectivity index (χ3v) is 3.51. The molecule has 1 heterocycles. The number of nitrogens with zero attached hydrogens (tertiary/aromatic N) is 4. The zero-order valence-corrected chi connectivity index (χ0v) is 12.3. The number of fused-ring (bicyclic) bond motifs is 1. The molecule has 20 heavy (non-hydrogen) atoms. The van der Waals surface area contributed by atoms with Crippen LogP contribution in [0.4, 0.5) is 5.69 Å². The number of hydrogen-bond acceptors (Lipinski definition) is 3. The van der Waals surface area contributed by atoms with Crippen LogP contribution < -0.4 is 0 Å². The molecule has 0 aliphatic rings. The maximum absolute atomic E-state index is 8.43. The summed E-state index contributed by atoms with van der Waals surface area (Å²) in [6.07, 6.45) is 0. The van der Waals surface area contributed by atoms with Crippen molar-refractivity contribution in [1.82, 2.24) is 4.98 Å². The second-order valence-corrected chi connectivity index (χ2v) is 5.31. The second-order valence-electron chi connectivity index (χ2n) is 3.98. The molecule has 0 aliphatic carbocycles. The van der Waals surface area contributed by atoms with Crippen LogP contribution in [0, 0.1) is 0 Å². The molecule has 0 atom stereocenters. The van der Waals surface area contributed by atoms with Gasteiger partial charge in [-0.15, -0.1) is 0 Å². The first-order valence-electron chi connectivity index (χ1n) is 5.58. The molecule has 0 unspecified atom stereocenters. The van der Waals surface area contributed by atoms with Crippen molar-refractivity contribution < 1.29 is 4.42 Å². The van der Waals surface area contributed by atoms with Gasteiger partial charge < -0.3 is 4.42 Å². The van der Waals surface area contributed by atoms with Crippen molar-refractivity contribution in [2.75, 3.05) is 0 Å². The molecule has 0 bridgehead atoms. The minimum atomic E-state index is 0.421. The van der Waals surface area contributed by atoms with Crippen molar-refractivity contribution in [3.8, 4) is 11.5 Å². The molecule has 0 N–H and O–H groups in total.